The van der Waals surface area contributed by atoms with E-state index in [9.17, 15) is 86.9 Å². The maximum atomic E-state index is 12.3. The van der Waals surface area contributed by atoms with Gasteiger partial charge in [0.05, 0.1) is 118 Å². The lowest BCUT2D eigenvalue weighted by Crippen LogP contribution is -2.37. The van der Waals surface area contributed by atoms with Crippen molar-refractivity contribution in [2.45, 2.75) is 262 Å². The number of hydrogen-bond acceptors (Lipinski definition) is 46. The number of ketones is 2. The van der Waals surface area contributed by atoms with Crippen molar-refractivity contribution in [3.63, 3.8) is 0 Å². The number of Topliss-reactive ketones (excluding diaryl/α,β-unsaturated/α-hetero) is 2. The first-order chi connectivity index (χ1) is 59.3. The monoisotopic (exact) mass is 1780 g/mol. The van der Waals surface area contributed by atoms with Crippen molar-refractivity contribution in [3.05, 3.63) is 0 Å². The van der Waals surface area contributed by atoms with Crippen LogP contribution < -0.4 is 0 Å². The first kappa shape index (κ1) is 92.9. The van der Waals surface area contributed by atoms with Crippen LogP contribution in [-0.2, 0) is 209 Å². The molecule has 48 heteroatoms. The van der Waals surface area contributed by atoms with Crippen LogP contribution in [0.3, 0.4) is 0 Å². The highest BCUT2D eigenvalue weighted by molar-refractivity contribution is 5.96. The van der Waals surface area contributed by atoms with Gasteiger partial charge in [-0.15, -0.1) is 0 Å². The number of aliphatic hydroxyl groups excluding tert-OH is 2. The van der Waals surface area contributed by atoms with Crippen LogP contribution in [0.2, 0.25) is 0 Å². The van der Waals surface area contributed by atoms with Gasteiger partial charge < -0.3 is 153 Å². The molecule has 0 radical (unpaired) electrons. The Morgan fingerprint density at radius 3 is 0.524 bits per heavy atom. The van der Waals surface area contributed by atoms with Crippen LogP contribution in [0, 0.1) is 11.8 Å². The molecule has 0 amide bonds. The van der Waals surface area contributed by atoms with Gasteiger partial charge in [0.1, 0.15) is 161 Å². The molecule has 16 aliphatic rings. The van der Waals surface area contributed by atoms with Gasteiger partial charge in [-0.2, -0.15) is 0 Å². The minimum atomic E-state index is -1.33. The van der Waals surface area contributed by atoms with Crippen molar-refractivity contribution >= 4 is 95.1 Å². The molecule has 16 fully saturated rings. The molecule has 0 saturated carbocycles. The summed E-state index contributed by atoms with van der Waals surface area (Å²) in [6, 6.07) is 0. The van der Waals surface area contributed by atoms with E-state index in [1.807, 2.05) is 13.8 Å². The Morgan fingerprint density at radius 2 is 0.339 bits per heavy atom. The average molecular weight is 1780 g/mol. The highest BCUT2D eigenvalue weighted by Crippen LogP contribution is 2.39. The zero-order chi connectivity index (χ0) is 88.5. The maximum absolute atomic E-state index is 12.3. The Hall–Kier alpha value is -8.80. The molecule has 0 aromatic carbocycles. The van der Waals surface area contributed by atoms with Gasteiger partial charge in [-0.05, 0) is 13.8 Å². The fraction of sp³-hybridized carbons (Fsp3) is 0.789. The number of carbonyl (C=O) groups is 16. The third kappa shape index (κ3) is 23.3. The average Bonchev–Trinajstić information content (AvgIpc) is 1.74. The molecular weight excluding hydrogens is 1680 g/mol. The summed E-state index contributed by atoms with van der Waals surface area (Å²) in [4.78, 5) is 187. The third-order valence-corrected chi connectivity index (χ3v) is 22.3. The van der Waals surface area contributed by atoms with E-state index in [-0.39, 0.29) is 153 Å². The van der Waals surface area contributed by atoms with E-state index < -0.39 is 281 Å². The molecule has 32 unspecified atom stereocenters. The molecule has 16 rings (SSSR count). The molecule has 16 heterocycles. The van der Waals surface area contributed by atoms with Crippen LogP contribution in [0.15, 0.2) is 0 Å². The number of carbonyl (C=O) groups excluding carboxylic acids is 14. The Morgan fingerprint density at radius 1 is 0.202 bits per heavy atom. The van der Waals surface area contributed by atoms with E-state index in [4.69, 9.17) is 143 Å². The SMILES string of the molecule is CC(=O)CC(=O)OC1COC2C(OC(=O)CC(=O)OC3COC4C(O)COC34)COC12.CC(=O)CC(=O)OC1COC2C(OC(=O)CC(=O)OC3COC4C(OC(=O)CC(=O)O)COC34)COC12.CC1COC2C(OC(=O)CC(=O)OC3COC4C(O)COC34)COC12.CC1COC2C(OC(=O)CC(=O)OC3COC4C(OC(=O)CC(=O)O)COC34)COC12. The fourth-order valence-electron chi connectivity index (χ4n) is 16.8. The van der Waals surface area contributed by atoms with Crippen molar-refractivity contribution in [2.75, 3.05) is 106 Å². The molecule has 0 spiro atoms. The number of carboxylic acid groups (broad SMARTS) is 2. The quantitative estimate of drug-likeness (QED) is 0.0322. The van der Waals surface area contributed by atoms with Crippen molar-refractivity contribution in [2.24, 2.45) is 11.8 Å². The summed E-state index contributed by atoms with van der Waals surface area (Å²) >= 11 is 0. The topological polar surface area (TPSA) is 612 Å². The highest BCUT2D eigenvalue weighted by Gasteiger charge is 2.58. The number of esters is 12. The predicted octanol–water partition coefficient (Wildman–Crippen LogP) is -6.27. The summed E-state index contributed by atoms with van der Waals surface area (Å²) in [7, 11) is 0. The summed E-state index contributed by atoms with van der Waals surface area (Å²) in [6.45, 7) is 8.49. The Bertz CT molecular complexity index is 3680. The van der Waals surface area contributed by atoms with Gasteiger partial charge >= 0.3 is 83.6 Å². The van der Waals surface area contributed by atoms with Crippen molar-refractivity contribution in [1.82, 2.24) is 0 Å². The van der Waals surface area contributed by atoms with E-state index in [2.05, 4.69) is 0 Å². The van der Waals surface area contributed by atoms with E-state index in [1.165, 1.54) is 13.8 Å². The molecular formula is C76H96O48. The van der Waals surface area contributed by atoms with Crippen molar-refractivity contribution < 1.29 is 230 Å². The van der Waals surface area contributed by atoms with Crippen LogP contribution in [0.1, 0.15) is 79.1 Å². The first-order valence-corrected chi connectivity index (χ1v) is 40.2. The summed E-state index contributed by atoms with van der Waals surface area (Å²) in [5.74, 6) is -12.4. The molecule has 16 aliphatic heterocycles. The molecule has 0 aromatic rings. The molecule has 0 bridgehead atoms. The van der Waals surface area contributed by atoms with E-state index in [0.717, 1.165) is 0 Å². The molecule has 16 saturated heterocycles. The van der Waals surface area contributed by atoms with Crippen LogP contribution >= 0.6 is 0 Å². The zero-order valence-electron chi connectivity index (χ0n) is 67.2. The van der Waals surface area contributed by atoms with Crippen LogP contribution in [0.5, 0.6) is 0 Å². The number of ether oxygens (including phenoxy) is 28. The fourth-order valence-corrected chi connectivity index (χ4v) is 16.8. The van der Waals surface area contributed by atoms with Gasteiger partial charge in [0.2, 0.25) is 0 Å². The first-order valence-electron chi connectivity index (χ1n) is 40.2. The molecule has 48 nitrogen and oxygen atoms in total. The summed E-state index contributed by atoms with van der Waals surface area (Å²) in [5, 5.41) is 36.7. The lowest BCUT2D eigenvalue weighted by Gasteiger charge is -2.18. The number of carboxylic acids is 2. The minimum absolute atomic E-state index is 0.00491. The predicted molar refractivity (Wildman–Crippen MR) is 378 cm³/mol. The summed E-state index contributed by atoms with van der Waals surface area (Å²) in [6.07, 6.45) is -23.3. The molecule has 0 aromatic heterocycles. The lowest BCUT2D eigenvalue weighted by atomic mass is 10.0. The number of aliphatic carboxylic acids is 2. The van der Waals surface area contributed by atoms with Crippen molar-refractivity contribution in [3.8, 4) is 0 Å². The van der Waals surface area contributed by atoms with Crippen LogP contribution in [-0.4, -0.2) is 404 Å². The van der Waals surface area contributed by atoms with Gasteiger partial charge in [0.15, 0.2) is 73.2 Å². The zero-order valence-corrected chi connectivity index (χ0v) is 67.2. The van der Waals surface area contributed by atoms with Crippen molar-refractivity contribution in [1.29, 1.82) is 0 Å². The molecule has 32 atom stereocenters. The summed E-state index contributed by atoms with van der Waals surface area (Å²) < 4.78 is 151. The molecule has 4 N–H and O–H groups in total. The van der Waals surface area contributed by atoms with Gasteiger partial charge in [-0.1, -0.05) is 13.8 Å². The Kier molecular flexibility index (Phi) is 31.3. The normalized spacial score (nSPS) is 38.4. The van der Waals surface area contributed by atoms with Crippen LogP contribution in [0.4, 0.5) is 0 Å². The number of rotatable bonds is 28. The Labute approximate surface area is 702 Å². The van der Waals surface area contributed by atoms with E-state index >= 15 is 0 Å². The molecule has 124 heavy (non-hydrogen) atoms. The van der Waals surface area contributed by atoms with Gasteiger partial charge in [0.25, 0.3) is 0 Å². The second-order valence-electron chi connectivity index (χ2n) is 31.8. The largest absolute Gasteiger partial charge is 0.481 e. The van der Waals surface area contributed by atoms with Gasteiger partial charge in [0, 0.05) is 11.8 Å². The highest BCUT2D eigenvalue weighted by atomic mass is 16.7. The van der Waals surface area contributed by atoms with Crippen LogP contribution in [0.25, 0.3) is 0 Å². The lowest BCUT2D eigenvalue weighted by molar-refractivity contribution is -0.167. The third-order valence-electron chi connectivity index (χ3n) is 22.3. The minimum Gasteiger partial charge on any atom is -0.481 e. The number of fused-ring (bicyclic) bond motifs is 8. The number of hydrogen-bond donors (Lipinski definition) is 4. The van der Waals surface area contributed by atoms with Gasteiger partial charge in [-0.25, -0.2) is 0 Å². The van der Waals surface area contributed by atoms with Gasteiger partial charge in [-0.3, -0.25) is 76.7 Å². The smallest absolute Gasteiger partial charge is 0.317 e. The molecule has 688 valence electrons. The van der Waals surface area contributed by atoms with E-state index in [1.54, 1.807) is 0 Å². The Balaban J connectivity index is 0.000000143. The second kappa shape index (κ2) is 41.8. The maximum Gasteiger partial charge on any atom is 0.317 e. The molecule has 0 aliphatic carbocycles. The van der Waals surface area contributed by atoms with E-state index in [0.29, 0.717) is 13.2 Å². The summed E-state index contributed by atoms with van der Waals surface area (Å²) in [5.41, 5.74) is 0. The second-order valence-corrected chi connectivity index (χ2v) is 31.8. The standard InChI is InChI=1S/C22H26O15.2C19H24O12.C16H22O9/c1-9(23)2-15(26)34-10-5-30-21-12(7-32-19(10)21)36-17(28)4-18(29)37-13-8-33-20-11(6-31-22(13)20)35-16(27)3-14(24)25;1-8-4-25-17-9(5-26-16(8)17)30-14(23)3-15(24)31-11-7-28-18-10(6-27-19(11)18)29-13(22)2-12(20)21;1-8(20)2-13(22)29-11-6-27-19-12(7-28-18(11)19)31-15(24)3-14(23)30-10-5-26-16-9(21)4-25-17(10)16;1-7-3-20-15-9(5-22-13(7)15)24-11(18)2-12(19)25-10-6-23-14-8(17)4-21-16(10)14/h10-13,19-22H,2-8H2,1H3,(H,24,25);8-11,16-19H,2-7H2,1H3,(H,20,21);9-12,16-19,21H,2-7H2,1H3;7-10,13-17H,2-6H2,1H3. The number of aliphatic hydroxyl groups is 2.